The van der Waals surface area contributed by atoms with Crippen LogP contribution in [0, 0.1) is 6.92 Å². The molecule has 0 N–H and O–H groups in total. The summed E-state index contributed by atoms with van der Waals surface area (Å²) in [5.41, 5.74) is 4.32. The molecule has 0 spiro atoms. The van der Waals surface area contributed by atoms with Gasteiger partial charge in [-0.3, -0.25) is 14.7 Å². The highest BCUT2D eigenvalue weighted by Gasteiger charge is 2.30. The Morgan fingerprint density at radius 1 is 1.08 bits per heavy atom. The SMILES string of the molecule is CC(=O)N1c2cnc3ccccc3c2N=NC1c1ccc(C)cc1. The van der Waals surface area contributed by atoms with Gasteiger partial charge in [-0.25, -0.2) is 0 Å². The Hall–Kier alpha value is -3.08. The van der Waals surface area contributed by atoms with Crippen LogP contribution in [0.3, 0.4) is 0 Å². The number of hydrogen-bond acceptors (Lipinski definition) is 4. The molecule has 0 aliphatic carbocycles. The van der Waals surface area contributed by atoms with Crippen molar-refractivity contribution in [2.24, 2.45) is 10.2 Å². The number of nitrogens with zero attached hydrogens (tertiary/aromatic N) is 4. The number of benzene rings is 2. The van der Waals surface area contributed by atoms with E-state index in [0.717, 1.165) is 22.0 Å². The number of azo groups is 1. The lowest BCUT2D eigenvalue weighted by Crippen LogP contribution is -2.33. The van der Waals surface area contributed by atoms with Crippen molar-refractivity contribution in [3.63, 3.8) is 0 Å². The molecular weight excluding hydrogens is 300 g/mol. The molecule has 0 bridgehead atoms. The van der Waals surface area contributed by atoms with Crippen LogP contribution in [0.4, 0.5) is 11.4 Å². The molecule has 1 aliphatic heterocycles. The lowest BCUT2D eigenvalue weighted by molar-refractivity contribution is -0.117. The summed E-state index contributed by atoms with van der Waals surface area (Å²) in [4.78, 5) is 18.5. The molecular formula is C19H16N4O. The van der Waals surface area contributed by atoms with E-state index in [1.165, 1.54) is 0 Å². The van der Waals surface area contributed by atoms with Gasteiger partial charge in [0.15, 0.2) is 6.17 Å². The first-order valence-corrected chi connectivity index (χ1v) is 7.80. The van der Waals surface area contributed by atoms with E-state index in [1.54, 1.807) is 18.0 Å². The highest BCUT2D eigenvalue weighted by molar-refractivity contribution is 6.03. The van der Waals surface area contributed by atoms with Gasteiger partial charge in [-0.2, -0.15) is 10.2 Å². The number of amides is 1. The normalized spacial score (nSPS) is 16.2. The summed E-state index contributed by atoms with van der Waals surface area (Å²) in [5.74, 6) is -0.0856. The third-order valence-electron chi connectivity index (χ3n) is 4.21. The van der Waals surface area contributed by atoms with Crippen molar-refractivity contribution in [3.05, 3.63) is 65.9 Å². The molecule has 4 rings (SSSR count). The first-order valence-electron chi connectivity index (χ1n) is 7.80. The Kier molecular flexibility index (Phi) is 3.34. The van der Waals surface area contributed by atoms with Gasteiger partial charge in [-0.15, -0.1) is 0 Å². The fourth-order valence-corrected chi connectivity index (χ4v) is 2.99. The Balaban J connectivity index is 1.90. The maximum Gasteiger partial charge on any atom is 0.226 e. The minimum atomic E-state index is -0.460. The highest BCUT2D eigenvalue weighted by atomic mass is 16.2. The van der Waals surface area contributed by atoms with Crippen molar-refractivity contribution in [2.75, 3.05) is 4.90 Å². The van der Waals surface area contributed by atoms with Gasteiger partial charge in [0.1, 0.15) is 5.69 Å². The van der Waals surface area contributed by atoms with E-state index in [2.05, 4.69) is 15.2 Å². The number of para-hydroxylation sites is 1. The van der Waals surface area contributed by atoms with Crippen LogP contribution >= 0.6 is 0 Å². The Labute approximate surface area is 139 Å². The Bertz CT molecular complexity index is 963. The van der Waals surface area contributed by atoms with Crippen LogP contribution < -0.4 is 4.90 Å². The molecule has 0 saturated heterocycles. The average Bonchev–Trinajstić information content (AvgIpc) is 2.61. The molecule has 1 aliphatic rings. The molecule has 24 heavy (non-hydrogen) atoms. The number of aromatic nitrogens is 1. The van der Waals surface area contributed by atoms with Crippen molar-refractivity contribution >= 4 is 28.2 Å². The second-order valence-corrected chi connectivity index (χ2v) is 5.90. The number of fused-ring (bicyclic) bond motifs is 3. The number of pyridine rings is 1. The second kappa shape index (κ2) is 5.53. The molecule has 1 amide bonds. The number of anilines is 1. The molecule has 2 heterocycles. The summed E-state index contributed by atoms with van der Waals surface area (Å²) in [7, 11) is 0. The number of carbonyl (C=O) groups excluding carboxylic acids is 1. The number of rotatable bonds is 1. The minimum Gasteiger partial charge on any atom is -0.280 e. The van der Waals surface area contributed by atoms with E-state index in [-0.39, 0.29) is 5.91 Å². The topological polar surface area (TPSA) is 57.9 Å². The molecule has 5 nitrogen and oxygen atoms in total. The number of hydrogen-bond donors (Lipinski definition) is 0. The first kappa shape index (κ1) is 14.5. The summed E-state index contributed by atoms with van der Waals surface area (Å²) >= 11 is 0. The molecule has 2 aromatic carbocycles. The summed E-state index contributed by atoms with van der Waals surface area (Å²) in [5, 5.41) is 9.75. The van der Waals surface area contributed by atoms with Crippen LogP contribution in [0.2, 0.25) is 0 Å². The largest absolute Gasteiger partial charge is 0.280 e. The van der Waals surface area contributed by atoms with Crippen LogP contribution in [0.5, 0.6) is 0 Å². The predicted octanol–water partition coefficient (Wildman–Crippen LogP) is 4.69. The van der Waals surface area contributed by atoms with Crippen LogP contribution in [0.1, 0.15) is 24.2 Å². The van der Waals surface area contributed by atoms with Gasteiger partial charge in [-0.05, 0) is 18.6 Å². The fraction of sp³-hybridized carbons (Fsp3) is 0.158. The average molecular weight is 316 g/mol. The van der Waals surface area contributed by atoms with Crippen LogP contribution in [-0.2, 0) is 4.79 Å². The zero-order valence-electron chi connectivity index (χ0n) is 13.5. The standard InChI is InChI=1S/C19H16N4O/c1-12-7-9-14(10-8-12)19-22-21-18-15-5-3-4-6-16(15)20-11-17(18)23(19)13(2)24/h3-11,19H,1-2H3. The molecule has 0 fully saturated rings. The van der Waals surface area contributed by atoms with E-state index < -0.39 is 6.17 Å². The molecule has 5 heteroatoms. The van der Waals surface area contributed by atoms with Crippen LogP contribution in [0.15, 0.2) is 65.0 Å². The minimum absolute atomic E-state index is 0.0856. The molecule has 3 aromatic rings. The Morgan fingerprint density at radius 3 is 2.58 bits per heavy atom. The molecule has 1 aromatic heterocycles. The monoisotopic (exact) mass is 316 g/mol. The van der Waals surface area contributed by atoms with Crippen molar-refractivity contribution in [1.29, 1.82) is 0 Å². The molecule has 1 atom stereocenters. The van der Waals surface area contributed by atoms with Crippen molar-refractivity contribution in [1.82, 2.24) is 4.98 Å². The van der Waals surface area contributed by atoms with Gasteiger partial charge in [0, 0.05) is 12.3 Å². The van der Waals surface area contributed by atoms with Gasteiger partial charge >= 0.3 is 0 Å². The lowest BCUT2D eigenvalue weighted by Gasteiger charge is -2.31. The molecule has 0 saturated carbocycles. The van der Waals surface area contributed by atoms with E-state index in [4.69, 9.17) is 0 Å². The fourth-order valence-electron chi connectivity index (χ4n) is 2.99. The summed E-state index contributed by atoms with van der Waals surface area (Å²) < 4.78 is 0. The van der Waals surface area contributed by atoms with Gasteiger partial charge < -0.3 is 0 Å². The zero-order valence-corrected chi connectivity index (χ0v) is 13.5. The van der Waals surface area contributed by atoms with Crippen LogP contribution in [-0.4, -0.2) is 10.9 Å². The lowest BCUT2D eigenvalue weighted by atomic mass is 10.1. The third kappa shape index (κ3) is 2.25. The van der Waals surface area contributed by atoms with Crippen molar-refractivity contribution in [2.45, 2.75) is 20.0 Å². The third-order valence-corrected chi connectivity index (χ3v) is 4.21. The molecule has 0 radical (unpaired) electrons. The highest BCUT2D eigenvalue weighted by Crippen LogP contribution is 2.43. The quantitative estimate of drug-likeness (QED) is 0.654. The summed E-state index contributed by atoms with van der Waals surface area (Å²) in [6.45, 7) is 3.57. The van der Waals surface area contributed by atoms with Crippen LogP contribution in [0.25, 0.3) is 10.9 Å². The number of aryl methyl sites for hydroxylation is 1. The maximum absolute atomic E-state index is 12.3. The van der Waals surface area contributed by atoms with Gasteiger partial charge in [0.05, 0.1) is 17.4 Å². The molecule has 118 valence electrons. The van der Waals surface area contributed by atoms with Crippen molar-refractivity contribution < 1.29 is 4.79 Å². The van der Waals surface area contributed by atoms with E-state index in [0.29, 0.717) is 11.4 Å². The first-order chi connectivity index (χ1) is 11.6. The Morgan fingerprint density at radius 2 is 1.83 bits per heavy atom. The van der Waals surface area contributed by atoms with Gasteiger partial charge in [-0.1, -0.05) is 48.0 Å². The second-order valence-electron chi connectivity index (χ2n) is 5.90. The smallest absolute Gasteiger partial charge is 0.226 e. The summed E-state index contributed by atoms with van der Waals surface area (Å²) in [6.07, 6.45) is 1.25. The van der Waals surface area contributed by atoms with E-state index in [9.17, 15) is 4.79 Å². The van der Waals surface area contributed by atoms with Gasteiger partial charge in [0.25, 0.3) is 0 Å². The van der Waals surface area contributed by atoms with Crippen molar-refractivity contribution in [3.8, 4) is 0 Å². The van der Waals surface area contributed by atoms with E-state index >= 15 is 0 Å². The van der Waals surface area contributed by atoms with Gasteiger partial charge in [0.2, 0.25) is 5.91 Å². The molecule has 1 unspecified atom stereocenters. The number of carbonyl (C=O) groups is 1. The van der Waals surface area contributed by atoms with E-state index in [1.807, 2.05) is 55.5 Å². The maximum atomic E-state index is 12.3. The zero-order chi connectivity index (χ0) is 16.7. The predicted molar refractivity (Wildman–Crippen MR) is 93.3 cm³/mol. The summed E-state index contributed by atoms with van der Waals surface area (Å²) in [6, 6.07) is 15.7.